The maximum Gasteiger partial charge on any atom is 0.320 e. The van der Waals surface area contributed by atoms with Crippen molar-refractivity contribution in [1.29, 1.82) is 0 Å². The largest absolute Gasteiger partial charge is 0.339 e. The normalized spacial score (nSPS) is 29.1. The van der Waals surface area contributed by atoms with E-state index in [9.17, 15) is 14.4 Å². The van der Waals surface area contributed by atoms with Crippen molar-refractivity contribution in [2.45, 2.75) is 31.7 Å². The van der Waals surface area contributed by atoms with Gasteiger partial charge in [-0.25, -0.2) is 9.78 Å². The van der Waals surface area contributed by atoms with Crippen molar-refractivity contribution in [2.75, 3.05) is 45.8 Å². The molecule has 2 bridgehead atoms. The maximum atomic E-state index is 13.2. The van der Waals surface area contributed by atoms with E-state index in [1.807, 2.05) is 16.8 Å². The Bertz CT molecular complexity index is 846. The van der Waals surface area contributed by atoms with Crippen molar-refractivity contribution in [2.24, 2.45) is 18.9 Å². The number of amides is 4. The van der Waals surface area contributed by atoms with Crippen LogP contribution in [-0.2, 0) is 11.8 Å². The van der Waals surface area contributed by atoms with Crippen LogP contribution in [0.3, 0.4) is 0 Å². The van der Waals surface area contributed by atoms with Crippen LogP contribution < -0.4 is 0 Å². The van der Waals surface area contributed by atoms with E-state index in [0.717, 1.165) is 38.9 Å². The third-order valence-electron chi connectivity index (χ3n) is 7.30. The first-order valence-corrected chi connectivity index (χ1v) is 11.1. The molecule has 5 rings (SSSR count). The first-order valence-electron chi connectivity index (χ1n) is 11.1. The molecule has 4 saturated heterocycles. The van der Waals surface area contributed by atoms with E-state index in [4.69, 9.17) is 0 Å². The van der Waals surface area contributed by atoms with Crippen LogP contribution in [0.2, 0.25) is 0 Å². The third-order valence-corrected chi connectivity index (χ3v) is 7.30. The summed E-state index contributed by atoms with van der Waals surface area (Å²) in [6.45, 7) is 4.44. The van der Waals surface area contributed by atoms with Crippen LogP contribution in [0.5, 0.6) is 0 Å². The Morgan fingerprint density at radius 3 is 2.53 bits per heavy atom. The van der Waals surface area contributed by atoms with Gasteiger partial charge in [-0.1, -0.05) is 0 Å². The van der Waals surface area contributed by atoms with Crippen LogP contribution >= 0.6 is 0 Å². The molecule has 3 atom stereocenters. The Morgan fingerprint density at radius 2 is 1.80 bits per heavy atom. The van der Waals surface area contributed by atoms with Crippen molar-refractivity contribution in [3.8, 4) is 0 Å². The molecule has 0 N–H and O–H groups in total. The highest BCUT2D eigenvalue weighted by atomic mass is 16.2. The van der Waals surface area contributed by atoms with Crippen LogP contribution in [-0.4, -0.2) is 98.9 Å². The number of piperidine rings is 3. The molecular formula is C21H30N6O3. The van der Waals surface area contributed by atoms with Crippen LogP contribution in [0.1, 0.15) is 36.3 Å². The molecule has 0 aliphatic carbocycles. The van der Waals surface area contributed by atoms with E-state index in [1.165, 1.54) is 0 Å². The van der Waals surface area contributed by atoms with Gasteiger partial charge in [0.15, 0.2) is 5.82 Å². The summed E-state index contributed by atoms with van der Waals surface area (Å²) < 4.78 is 1.73. The molecule has 162 valence electrons. The lowest BCUT2D eigenvalue weighted by molar-refractivity contribution is -0.144. The quantitative estimate of drug-likeness (QED) is 0.675. The second-order valence-electron chi connectivity index (χ2n) is 9.20. The topological polar surface area (TPSA) is 82.0 Å². The standard InChI is InChI=1S/C21H30N6O3/c1-23-6-5-22-19(23)20(29)24-7-9-25(10-8-24)21(30)26-12-15-11-16(14-26)17-3-2-4-18(28)27(17)13-15/h5-6,15-17H,2-4,7-14H2,1H3/t15-,16-,17-/m1/s1. The van der Waals surface area contributed by atoms with Crippen LogP contribution in [0.4, 0.5) is 4.79 Å². The fraction of sp³-hybridized carbons (Fsp3) is 0.714. The molecule has 1 aromatic heterocycles. The van der Waals surface area contributed by atoms with Gasteiger partial charge in [0.2, 0.25) is 5.91 Å². The molecular weight excluding hydrogens is 384 g/mol. The molecule has 9 nitrogen and oxygen atoms in total. The van der Waals surface area contributed by atoms with E-state index < -0.39 is 0 Å². The summed E-state index contributed by atoms with van der Waals surface area (Å²) in [5.74, 6) is 1.44. The van der Waals surface area contributed by atoms with Crippen molar-refractivity contribution in [3.63, 3.8) is 0 Å². The monoisotopic (exact) mass is 414 g/mol. The summed E-state index contributed by atoms with van der Waals surface area (Å²) in [7, 11) is 1.81. The average Bonchev–Trinajstić information content (AvgIpc) is 3.19. The van der Waals surface area contributed by atoms with Gasteiger partial charge in [0, 0.05) is 77.7 Å². The zero-order valence-corrected chi connectivity index (χ0v) is 17.6. The summed E-state index contributed by atoms with van der Waals surface area (Å²) in [4.78, 5) is 50.1. The zero-order chi connectivity index (χ0) is 20.8. The molecule has 4 aliphatic heterocycles. The number of urea groups is 1. The Balaban J connectivity index is 1.19. The van der Waals surface area contributed by atoms with E-state index in [1.54, 1.807) is 21.9 Å². The van der Waals surface area contributed by atoms with Gasteiger partial charge in [-0.05, 0) is 31.1 Å². The first kappa shape index (κ1) is 19.4. The molecule has 4 amide bonds. The van der Waals surface area contributed by atoms with Crippen molar-refractivity contribution in [3.05, 3.63) is 18.2 Å². The predicted molar refractivity (Wildman–Crippen MR) is 109 cm³/mol. The number of aromatic nitrogens is 2. The molecule has 4 aliphatic rings. The van der Waals surface area contributed by atoms with Crippen molar-refractivity contribution >= 4 is 17.8 Å². The number of carbonyl (C=O) groups excluding carboxylic acids is 3. The van der Waals surface area contributed by atoms with Gasteiger partial charge in [-0.15, -0.1) is 0 Å². The lowest BCUT2D eigenvalue weighted by Crippen LogP contribution is -2.63. The van der Waals surface area contributed by atoms with Crippen molar-refractivity contribution in [1.82, 2.24) is 29.2 Å². The van der Waals surface area contributed by atoms with E-state index in [2.05, 4.69) is 9.88 Å². The Kier molecular flexibility index (Phi) is 4.91. The predicted octanol–water partition coefficient (Wildman–Crippen LogP) is 0.631. The number of piperazine rings is 1. The maximum absolute atomic E-state index is 13.2. The highest BCUT2D eigenvalue weighted by Crippen LogP contribution is 2.38. The van der Waals surface area contributed by atoms with Gasteiger partial charge in [-0.2, -0.15) is 0 Å². The Hall–Kier alpha value is -2.58. The molecule has 0 saturated carbocycles. The number of hydrogen-bond acceptors (Lipinski definition) is 4. The smallest absolute Gasteiger partial charge is 0.320 e. The Morgan fingerprint density at radius 1 is 1.03 bits per heavy atom. The van der Waals surface area contributed by atoms with Crippen LogP contribution in [0.15, 0.2) is 12.4 Å². The van der Waals surface area contributed by atoms with Gasteiger partial charge >= 0.3 is 6.03 Å². The van der Waals surface area contributed by atoms with Gasteiger partial charge in [0.1, 0.15) is 0 Å². The number of aryl methyl sites for hydroxylation is 1. The zero-order valence-electron chi connectivity index (χ0n) is 17.6. The molecule has 0 spiro atoms. The number of carbonyl (C=O) groups is 3. The summed E-state index contributed by atoms with van der Waals surface area (Å²) in [5, 5.41) is 0. The minimum Gasteiger partial charge on any atom is -0.339 e. The minimum atomic E-state index is -0.0795. The van der Waals surface area contributed by atoms with Gasteiger partial charge in [0.05, 0.1) is 0 Å². The van der Waals surface area contributed by atoms with E-state index in [0.29, 0.717) is 62.2 Å². The van der Waals surface area contributed by atoms with E-state index >= 15 is 0 Å². The van der Waals surface area contributed by atoms with Crippen LogP contribution in [0, 0.1) is 11.8 Å². The summed E-state index contributed by atoms with van der Waals surface area (Å²) in [6, 6.07) is 0.398. The lowest BCUT2D eigenvalue weighted by Gasteiger charge is -2.53. The SMILES string of the molecule is Cn1ccnc1C(=O)N1CCN(C(=O)N2C[C@H]3C[C@H](C2)[C@H]2CCCC(=O)N2C3)CC1. The summed E-state index contributed by atoms with van der Waals surface area (Å²) >= 11 is 0. The number of rotatable bonds is 1. The molecule has 0 aromatic carbocycles. The molecule has 0 unspecified atom stereocenters. The molecule has 9 heteroatoms. The molecule has 4 fully saturated rings. The van der Waals surface area contributed by atoms with E-state index in [-0.39, 0.29) is 11.9 Å². The fourth-order valence-corrected chi connectivity index (χ4v) is 5.78. The number of likely N-dealkylation sites (tertiary alicyclic amines) is 1. The lowest BCUT2D eigenvalue weighted by atomic mass is 9.76. The highest BCUT2D eigenvalue weighted by Gasteiger charge is 2.45. The average molecular weight is 415 g/mol. The second-order valence-corrected chi connectivity index (χ2v) is 9.20. The highest BCUT2D eigenvalue weighted by molar-refractivity contribution is 5.91. The Labute approximate surface area is 176 Å². The minimum absolute atomic E-state index is 0.0795. The second kappa shape index (κ2) is 7.59. The number of imidazole rings is 1. The van der Waals surface area contributed by atoms with Gasteiger partial charge in [-0.3, -0.25) is 9.59 Å². The van der Waals surface area contributed by atoms with Crippen LogP contribution in [0.25, 0.3) is 0 Å². The number of fused-ring (bicyclic) bond motifs is 4. The van der Waals surface area contributed by atoms with Gasteiger partial charge in [0.25, 0.3) is 5.91 Å². The number of hydrogen-bond donors (Lipinski definition) is 0. The first-order chi connectivity index (χ1) is 14.5. The van der Waals surface area contributed by atoms with Gasteiger partial charge < -0.3 is 24.2 Å². The fourth-order valence-electron chi connectivity index (χ4n) is 5.78. The summed E-state index contributed by atoms with van der Waals surface area (Å²) in [6.07, 6.45) is 7.24. The summed E-state index contributed by atoms with van der Waals surface area (Å²) in [5.41, 5.74) is 0. The molecule has 5 heterocycles. The molecule has 0 radical (unpaired) electrons. The number of nitrogens with zero attached hydrogens (tertiary/aromatic N) is 6. The van der Waals surface area contributed by atoms with Crippen molar-refractivity contribution < 1.29 is 14.4 Å². The third kappa shape index (κ3) is 3.33. The molecule has 30 heavy (non-hydrogen) atoms. The molecule has 1 aromatic rings.